The van der Waals surface area contributed by atoms with Gasteiger partial charge in [-0.25, -0.2) is 4.98 Å². The van der Waals surface area contributed by atoms with E-state index in [-0.39, 0.29) is 22.5 Å². The van der Waals surface area contributed by atoms with Gasteiger partial charge < -0.3 is 13.9 Å². The third kappa shape index (κ3) is 4.36. The van der Waals surface area contributed by atoms with Crippen molar-refractivity contribution in [3.05, 3.63) is 80.1 Å². The average molecular weight is 533 g/mol. The van der Waals surface area contributed by atoms with Crippen LogP contribution in [0, 0.1) is 6.92 Å². The Balaban J connectivity index is 1.72. The molecule has 0 saturated heterocycles. The normalized spacial score (nSPS) is 14.7. The minimum Gasteiger partial charge on any atom is -0.490 e. The summed E-state index contributed by atoms with van der Waals surface area (Å²) in [5.74, 6) is 0.454. The van der Waals surface area contributed by atoms with Gasteiger partial charge in [-0.15, -0.1) is 0 Å². The molecular weight excluding hydrogens is 504 g/mol. The Morgan fingerprint density at radius 3 is 2.61 bits per heavy atom. The lowest BCUT2D eigenvalue weighted by molar-refractivity contribution is 0.0969. The number of rotatable bonds is 9. The Morgan fingerprint density at radius 1 is 1.11 bits per heavy atom. The second-order valence-electron chi connectivity index (χ2n) is 9.06. The summed E-state index contributed by atoms with van der Waals surface area (Å²) in [5, 5.41) is 0.703. The Bertz CT molecular complexity index is 1600. The molecule has 0 fully saturated rings. The Morgan fingerprint density at radius 2 is 1.89 bits per heavy atom. The van der Waals surface area contributed by atoms with Crippen LogP contribution < -0.4 is 19.8 Å². The number of aryl methyl sites for hydroxylation is 1. The maximum Gasteiger partial charge on any atom is 0.297 e. The van der Waals surface area contributed by atoms with Gasteiger partial charge in [0.05, 0.1) is 40.8 Å². The van der Waals surface area contributed by atoms with E-state index in [2.05, 4.69) is 11.9 Å². The zero-order valence-corrected chi connectivity index (χ0v) is 22.5. The highest BCUT2D eigenvalue weighted by Gasteiger charge is 2.45. The fraction of sp³-hybridized carbons (Fsp3) is 0.310. The number of amides is 1. The van der Waals surface area contributed by atoms with Gasteiger partial charge in [0.2, 0.25) is 5.76 Å². The number of Topliss-reactive ketones (excluding diaryl/α,β-unsaturated/α-hetero) is 1. The van der Waals surface area contributed by atoms with Gasteiger partial charge in [-0.1, -0.05) is 42.9 Å². The molecule has 1 unspecified atom stereocenters. The number of para-hydroxylation sites is 1. The number of unbranched alkanes of at least 4 members (excludes halogenated alkanes) is 1. The lowest BCUT2D eigenvalue weighted by Gasteiger charge is -2.23. The first-order valence-electron chi connectivity index (χ1n) is 12.6. The molecule has 0 N–H and O–H groups in total. The molecule has 2 aromatic carbocycles. The lowest BCUT2D eigenvalue weighted by Crippen LogP contribution is -2.29. The molecule has 1 atom stereocenters. The number of nitrogens with zero attached hydrogens (tertiary/aromatic N) is 2. The van der Waals surface area contributed by atoms with Crippen molar-refractivity contribution in [3.8, 4) is 11.5 Å². The lowest BCUT2D eigenvalue weighted by atomic mass is 9.98. The molecule has 0 saturated carbocycles. The Labute approximate surface area is 223 Å². The van der Waals surface area contributed by atoms with E-state index >= 15 is 0 Å². The van der Waals surface area contributed by atoms with Gasteiger partial charge in [-0.2, -0.15) is 0 Å². The van der Waals surface area contributed by atoms with Crippen molar-refractivity contribution in [3.63, 3.8) is 0 Å². The molecule has 8 nitrogen and oxygen atoms in total. The number of carbonyl (C=O) groups is 2. The van der Waals surface area contributed by atoms with Crippen molar-refractivity contribution in [2.75, 3.05) is 18.1 Å². The molecule has 0 bridgehead atoms. The predicted octanol–water partition coefficient (Wildman–Crippen LogP) is 6.09. The van der Waals surface area contributed by atoms with Crippen LogP contribution in [0.4, 0.5) is 5.13 Å². The Hall–Kier alpha value is -3.98. The summed E-state index contributed by atoms with van der Waals surface area (Å²) in [4.78, 5) is 46.3. The quantitative estimate of drug-likeness (QED) is 0.190. The molecule has 1 amide bonds. The highest BCUT2D eigenvalue weighted by atomic mass is 32.1. The largest absolute Gasteiger partial charge is 0.490 e. The van der Waals surface area contributed by atoms with Crippen molar-refractivity contribution in [2.24, 2.45) is 0 Å². The van der Waals surface area contributed by atoms with E-state index in [0.717, 1.165) is 24.2 Å². The second-order valence-corrected chi connectivity index (χ2v) is 10.0. The van der Waals surface area contributed by atoms with Crippen molar-refractivity contribution >= 4 is 39.1 Å². The first-order valence-corrected chi connectivity index (χ1v) is 13.4. The van der Waals surface area contributed by atoms with Gasteiger partial charge in [0, 0.05) is 6.92 Å². The molecule has 0 spiro atoms. The monoisotopic (exact) mass is 532 g/mol. The zero-order valence-electron chi connectivity index (χ0n) is 21.7. The molecule has 196 valence electrons. The summed E-state index contributed by atoms with van der Waals surface area (Å²) in [5.41, 5.74) is 1.44. The van der Waals surface area contributed by atoms with E-state index in [4.69, 9.17) is 13.9 Å². The number of aromatic nitrogens is 1. The van der Waals surface area contributed by atoms with Gasteiger partial charge in [0.15, 0.2) is 27.8 Å². The fourth-order valence-corrected chi connectivity index (χ4v) is 5.64. The van der Waals surface area contributed by atoms with Crippen LogP contribution in [-0.2, 0) is 0 Å². The standard InChI is InChI=1S/C29H28N2O6S/c1-5-7-14-36-21-13-12-18(15-22(21)35-6-2)24-23-25(33)19-10-8-9-11-20(19)37-26(23)28(34)31(24)29-30-16(3)27(38-29)17(4)32/h8-13,15,24H,5-7,14H2,1-4H3. The second kappa shape index (κ2) is 10.4. The summed E-state index contributed by atoms with van der Waals surface area (Å²) < 4.78 is 17.8. The van der Waals surface area contributed by atoms with E-state index < -0.39 is 11.9 Å². The van der Waals surface area contributed by atoms with E-state index in [9.17, 15) is 14.4 Å². The predicted molar refractivity (Wildman–Crippen MR) is 146 cm³/mol. The fourth-order valence-electron chi connectivity index (χ4n) is 4.65. The summed E-state index contributed by atoms with van der Waals surface area (Å²) in [6.45, 7) is 8.13. The molecule has 0 radical (unpaired) electrons. The van der Waals surface area contributed by atoms with Crippen molar-refractivity contribution < 1.29 is 23.5 Å². The number of ether oxygens (including phenoxy) is 2. The van der Waals surface area contributed by atoms with Crippen LogP contribution in [0.25, 0.3) is 11.0 Å². The number of anilines is 1. The molecule has 3 heterocycles. The van der Waals surface area contributed by atoms with E-state index in [1.165, 1.54) is 11.8 Å². The summed E-state index contributed by atoms with van der Waals surface area (Å²) >= 11 is 1.12. The van der Waals surface area contributed by atoms with Crippen LogP contribution in [0.5, 0.6) is 11.5 Å². The van der Waals surface area contributed by atoms with Crippen molar-refractivity contribution in [1.29, 1.82) is 0 Å². The van der Waals surface area contributed by atoms with Crippen LogP contribution in [0.3, 0.4) is 0 Å². The number of fused-ring (bicyclic) bond motifs is 2. The molecule has 5 rings (SSSR count). The van der Waals surface area contributed by atoms with Gasteiger partial charge in [-0.05, 0) is 50.1 Å². The molecule has 9 heteroatoms. The van der Waals surface area contributed by atoms with Gasteiger partial charge in [0.1, 0.15) is 5.58 Å². The summed E-state index contributed by atoms with van der Waals surface area (Å²) in [7, 11) is 0. The number of ketones is 1. The van der Waals surface area contributed by atoms with E-state index in [0.29, 0.717) is 56.9 Å². The van der Waals surface area contributed by atoms with Crippen LogP contribution in [0.2, 0.25) is 0 Å². The van der Waals surface area contributed by atoms with Crippen LogP contribution in [0.1, 0.15) is 76.7 Å². The minimum absolute atomic E-state index is 0.0304. The third-order valence-electron chi connectivity index (χ3n) is 6.43. The van der Waals surface area contributed by atoms with E-state index in [1.54, 1.807) is 43.3 Å². The zero-order chi connectivity index (χ0) is 27.0. The average Bonchev–Trinajstić information content (AvgIpc) is 3.43. The topological polar surface area (TPSA) is 98.9 Å². The van der Waals surface area contributed by atoms with Crippen LogP contribution in [0.15, 0.2) is 51.7 Å². The summed E-state index contributed by atoms with van der Waals surface area (Å²) in [6, 6.07) is 11.5. The van der Waals surface area contributed by atoms with Gasteiger partial charge >= 0.3 is 0 Å². The highest BCUT2D eigenvalue weighted by Crippen LogP contribution is 2.44. The highest BCUT2D eigenvalue weighted by molar-refractivity contribution is 7.17. The molecule has 1 aliphatic rings. The van der Waals surface area contributed by atoms with Crippen LogP contribution in [-0.4, -0.2) is 29.9 Å². The molecule has 1 aliphatic heterocycles. The maximum absolute atomic E-state index is 13.8. The van der Waals surface area contributed by atoms with Crippen LogP contribution >= 0.6 is 11.3 Å². The number of hydrogen-bond acceptors (Lipinski definition) is 8. The molecule has 2 aromatic heterocycles. The smallest absolute Gasteiger partial charge is 0.297 e. The van der Waals surface area contributed by atoms with E-state index in [1.807, 2.05) is 13.0 Å². The minimum atomic E-state index is -0.826. The summed E-state index contributed by atoms with van der Waals surface area (Å²) in [6.07, 6.45) is 1.90. The number of carbonyl (C=O) groups excluding carboxylic acids is 2. The first kappa shape index (κ1) is 25.7. The van der Waals surface area contributed by atoms with Crippen molar-refractivity contribution in [1.82, 2.24) is 4.98 Å². The third-order valence-corrected chi connectivity index (χ3v) is 7.69. The Kier molecular flexibility index (Phi) is 7.03. The SMILES string of the molecule is CCCCOc1ccc(C2c3c(oc4ccccc4c3=O)C(=O)N2c2nc(C)c(C(C)=O)s2)cc1OCC. The first-order chi connectivity index (χ1) is 18.3. The molecular formula is C29H28N2O6S. The van der Waals surface area contributed by atoms with Crippen molar-refractivity contribution in [2.45, 2.75) is 46.6 Å². The number of benzene rings is 2. The molecule has 4 aromatic rings. The van der Waals surface area contributed by atoms with Gasteiger partial charge in [0.25, 0.3) is 5.91 Å². The number of thiazole rings is 1. The number of hydrogen-bond donors (Lipinski definition) is 0. The molecule has 38 heavy (non-hydrogen) atoms. The molecule has 0 aliphatic carbocycles. The maximum atomic E-state index is 13.8. The van der Waals surface area contributed by atoms with Gasteiger partial charge in [-0.3, -0.25) is 19.3 Å².